The number of hydrogen-bond donors (Lipinski definition) is 1. The van der Waals surface area contributed by atoms with Crippen LogP contribution in [0.15, 0.2) is 41.8 Å². The Morgan fingerprint density at radius 1 is 1.21 bits per heavy atom. The Kier molecular flexibility index (Phi) is 5.86. The second-order valence-corrected chi connectivity index (χ2v) is 7.87. The maximum Gasteiger partial charge on any atom is 0.341 e. The summed E-state index contributed by atoms with van der Waals surface area (Å²) >= 11 is 2.79. The lowest BCUT2D eigenvalue weighted by Crippen LogP contribution is -2.14. The summed E-state index contributed by atoms with van der Waals surface area (Å²) in [5.74, 6) is -0.964. The van der Waals surface area contributed by atoms with Gasteiger partial charge in [-0.1, -0.05) is 6.07 Å². The van der Waals surface area contributed by atoms with Gasteiger partial charge in [-0.25, -0.2) is 4.79 Å². The van der Waals surface area contributed by atoms with Crippen LogP contribution in [0, 0.1) is 17.0 Å². The highest BCUT2D eigenvalue weighted by molar-refractivity contribution is 7.18. The van der Waals surface area contributed by atoms with Crippen LogP contribution in [-0.2, 0) is 4.74 Å². The molecule has 1 amide bonds. The molecular weight excluding hydrogens is 400 g/mol. The summed E-state index contributed by atoms with van der Waals surface area (Å²) in [5, 5.41) is 15.8. The number of esters is 1. The van der Waals surface area contributed by atoms with Crippen LogP contribution in [0.1, 0.15) is 32.5 Å². The van der Waals surface area contributed by atoms with Crippen LogP contribution >= 0.6 is 22.7 Å². The molecule has 3 rings (SSSR count). The molecule has 2 aromatic heterocycles. The Labute approximate surface area is 168 Å². The average Bonchev–Trinajstić information content (AvgIpc) is 3.29. The molecule has 3 aromatic rings. The topological polar surface area (TPSA) is 98.5 Å². The monoisotopic (exact) mass is 416 g/mol. The number of nitro benzene ring substituents is 1. The van der Waals surface area contributed by atoms with Crippen LogP contribution in [0.3, 0.4) is 0 Å². The molecule has 0 saturated carbocycles. The van der Waals surface area contributed by atoms with E-state index < -0.39 is 16.8 Å². The van der Waals surface area contributed by atoms with Gasteiger partial charge in [0, 0.05) is 33.0 Å². The summed E-state index contributed by atoms with van der Waals surface area (Å²) in [6, 6.07) is 9.07. The van der Waals surface area contributed by atoms with Crippen LogP contribution in [0.5, 0.6) is 0 Å². The smallest absolute Gasteiger partial charge is 0.341 e. The first-order chi connectivity index (χ1) is 13.4. The Morgan fingerprint density at radius 3 is 2.50 bits per heavy atom. The van der Waals surface area contributed by atoms with Crippen LogP contribution < -0.4 is 5.32 Å². The Bertz CT molecular complexity index is 1020. The Morgan fingerprint density at radius 2 is 1.93 bits per heavy atom. The van der Waals surface area contributed by atoms with E-state index in [1.165, 1.54) is 46.9 Å². The number of rotatable bonds is 6. The summed E-state index contributed by atoms with van der Waals surface area (Å²) in [4.78, 5) is 37.2. The van der Waals surface area contributed by atoms with Crippen molar-refractivity contribution in [1.82, 2.24) is 0 Å². The van der Waals surface area contributed by atoms with Gasteiger partial charge in [0.25, 0.3) is 11.6 Å². The number of hydrogen-bond acceptors (Lipinski definition) is 7. The Balaban J connectivity index is 1.97. The number of thiophene rings is 2. The van der Waals surface area contributed by atoms with Gasteiger partial charge in [-0.2, -0.15) is 0 Å². The molecule has 0 saturated heterocycles. The first-order valence-electron chi connectivity index (χ1n) is 8.32. The third kappa shape index (κ3) is 3.95. The fraction of sp³-hybridized carbons (Fsp3) is 0.158. The molecule has 0 aliphatic rings. The second kappa shape index (κ2) is 8.32. The van der Waals surface area contributed by atoms with Crippen LogP contribution in [0.2, 0.25) is 0 Å². The molecule has 1 N–H and O–H groups in total. The zero-order valence-corrected chi connectivity index (χ0v) is 16.7. The van der Waals surface area contributed by atoms with E-state index in [4.69, 9.17) is 4.74 Å². The van der Waals surface area contributed by atoms with Crippen LogP contribution in [-0.4, -0.2) is 23.4 Å². The van der Waals surface area contributed by atoms with Gasteiger partial charge in [0.2, 0.25) is 0 Å². The lowest BCUT2D eigenvalue weighted by molar-refractivity contribution is -0.384. The number of aryl methyl sites for hydroxylation is 1. The quantitative estimate of drug-likeness (QED) is 0.341. The fourth-order valence-electron chi connectivity index (χ4n) is 2.66. The number of benzene rings is 1. The van der Waals surface area contributed by atoms with Crippen molar-refractivity contribution in [1.29, 1.82) is 0 Å². The first kappa shape index (κ1) is 19.7. The molecule has 0 fully saturated rings. The molecule has 9 heteroatoms. The molecule has 0 aliphatic heterocycles. The number of nitrogens with zero attached hydrogens (tertiary/aromatic N) is 1. The maximum absolute atomic E-state index is 12.6. The number of anilines is 1. The number of nitro groups is 1. The lowest BCUT2D eigenvalue weighted by Gasteiger charge is -2.08. The zero-order chi connectivity index (χ0) is 20.3. The van der Waals surface area contributed by atoms with Crippen molar-refractivity contribution in [3.63, 3.8) is 0 Å². The third-order valence-corrected chi connectivity index (χ3v) is 5.81. The largest absolute Gasteiger partial charge is 0.462 e. The predicted molar refractivity (Wildman–Crippen MR) is 109 cm³/mol. The number of ether oxygens (including phenoxy) is 1. The number of amides is 1. The predicted octanol–water partition coefficient (Wildman–Crippen LogP) is 5.12. The van der Waals surface area contributed by atoms with E-state index in [2.05, 4.69) is 5.32 Å². The van der Waals surface area contributed by atoms with E-state index in [1.807, 2.05) is 24.4 Å². The highest BCUT2D eigenvalue weighted by Gasteiger charge is 2.26. The van der Waals surface area contributed by atoms with Crippen molar-refractivity contribution < 1.29 is 19.2 Å². The number of non-ortho nitro benzene ring substituents is 1. The third-order valence-electron chi connectivity index (χ3n) is 3.90. The van der Waals surface area contributed by atoms with E-state index in [1.54, 1.807) is 6.92 Å². The summed E-state index contributed by atoms with van der Waals surface area (Å²) in [5.41, 5.74) is 1.22. The molecular formula is C19H16N2O5S2. The van der Waals surface area contributed by atoms with E-state index in [0.717, 1.165) is 15.3 Å². The molecule has 0 radical (unpaired) electrons. The van der Waals surface area contributed by atoms with Gasteiger partial charge >= 0.3 is 5.97 Å². The Hall–Kier alpha value is -3.04. The summed E-state index contributed by atoms with van der Waals surface area (Å²) in [6.45, 7) is 3.81. The highest BCUT2D eigenvalue weighted by atomic mass is 32.1. The highest BCUT2D eigenvalue weighted by Crippen LogP contribution is 2.42. The van der Waals surface area contributed by atoms with Gasteiger partial charge in [-0.15, -0.1) is 22.7 Å². The van der Waals surface area contributed by atoms with Crippen molar-refractivity contribution in [2.45, 2.75) is 13.8 Å². The van der Waals surface area contributed by atoms with E-state index in [0.29, 0.717) is 10.6 Å². The van der Waals surface area contributed by atoms with Gasteiger partial charge in [-0.3, -0.25) is 14.9 Å². The molecule has 0 spiro atoms. The molecule has 0 bridgehead atoms. The van der Waals surface area contributed by atoms with Crippen molar-refractivity contribution in [3.8, 4) is 10.4 Å². The normalized spacial score (nSPS) is 10.5. The van der Waals surface area contributed by atoms with Crippen molar-refractivity contribution in [3.05, 3.63) is 67.9 Å². The molecule has 28 heavy (non-hydrogen) atoms. The van der Waals surface area contributed by atoms with E-state index >= 15 is 0 Å². The molecule has 0 atom stereocenters. The van der Waals surface area contributed by atoms with Gasteiger partial charge < -0.3 is 10.1 Å². The summed E-state index contributed by atoms with van der Waals surface area (Å²) in [6.07, 6.45) is 0. The second-order valence-electron chi connectivity index (χ2n) is 5.69. The number of nitrogens with one attached hydrogen (secondary N) is 1. The van der Waals surface area contributed by atoms with Crippen molar-refractivity contribution >= 4 is 45.2 Å². The molecule has 1 aromatic carbocycles. The number of carbonyl (C=O) groups is 2. The van der Waals surface area contributed by atoms with Crippen molar-refractivity contribution in [2.75, 3.05) is 11.9 Å². The number of carbonyl (C=O) groups excluding carboxylic acids is 2. The average molecular weight is 416 g/mol. The van der Waals surface area contributed by atoms with Crippen LogP contribution in [0.25, 0.3) is 10.4 Å². The molecule has 7 nitrogen and oxygen atoms in total. The van der Waals surface area contributed by atoms with Gasteiger partial charge in [0.05, 0.1) is 11.5 Å². The zero-order valence-electron chi connectivity index (χ0n) is 15.1. The minimum atomic E-state index is -0.531. The van der Waals surface area contributed by atoms with Crippen molar-refractivity contribution in [2.24, 2.45) is 0 Å². The van der Waals surface area contributed by atoms with E-state index in [9.17, 15) is 19.7 Å². The first-order valence-corrected chi connectivity index (χ1v) is 10.0. The maximum atomic E-state index is 12.6. The summed E-state index contributed by atoms with van der Waals surface area (Å²) < 4.78 is 5.20. The summed E-state index contributed by atoms with van der Waals surface area (Å²) in [7, 11) is 0. The van der Waals surface area contributed by atoms with Gasteiger partial charge in [0.15, 0.2) is 0 Å². The van der Waals surface area contributed by atoms with Crippen LogP contribution in [0.4, 0.5) is 10.7 Å². The fourth-order valence-corrected chi connectivity index (χ4v) is 4.61. The lowest BCUT2D eigenvalue weighted by atomic mass is 10.1. The van der Waals surface area contributed by atoms with Gasteiger partial charge in [-0.05, 0) is 37.4 Å². The van der Waals surface area contributed by atoms with E-state index in [-0.39, 0.29) is 17.9 Å². The minimum Gasteiger partial charge on any atom is -0.462 e. The molecule has 0 unspecified atom stereocenters. The standard InChI is InChI=1S/C19H16N2O5S2/c1-3-26-19(23)16-15(14-5-4-10-27-14)11(2)28-18(16)20-17(22)12-6-8-13(9-7-12)21(24)25/h4-10H,3H2,1-2H3,(H,20,22). The SMILES string of the molecule is CCOC(=O)c1c(NC(=O)c2ccc([N+](=O)[O-])cc2)sc(C)c1-c1cccs1. The molecule has 144 valence electrons. The van der Waals surface area contributed by atoms with Gasteiger partial charge in [0.1, 0.15) is 10.6 Å². The molecule has 2 heterocycles. The minimum absolute atomic E-state index is 0.101. The molecule has 0 aliphatic carbocycles.